The molecule has 1 aromatic heterocycles. The van der Waals surface area contributed by atoms with E-state index in [0.29, 0.717) is 0 Å². The third kappa shape index (κ3) is 3.95. The number of H-pyrrole nitrogens is 1. The van der Waals surface area contributed by atoms with Crippen molar-refractivity contribution in [1.82, 2.24) is 9.55 Å². The van der Waals surface area contributed by atoms with Crippen LogP contribution >= 0.6 is 8.25 Å². The van der Waals surface area contributed by atoms with Crippen molar-refractivity contribution in [2.45, 2.75) is 36.8 Å². The predicted molar refractivity (Wildman–Crippen MR) is 97.5 cm³/mol. The largest absolute Gasteiger partial charge is 0.426 e. The lowest BCUT2D eigenvalue weighted by Gasteiger charge is -2.30. The number of benzene rings is 1. The number of aromatic nitrogens is 2. The third-order valence-electron chi connectivity index (χ3n) is 4.81. The van der Waals surface area contributed by atoms with Gasteiger partial charge in [-0.25, -0.2) is 13.8 Å². The fraction of sp³-hybridized carbons (Fsp3) is 0.412. The molecule has 1 saturated carbocycles. The van der Waals surface area contributed by atoms with E-state index in [1.807, 2.05) is 4.98 Å². The lowest BCUT2D eigenvalue weighted by Crippen LogP contribution is -2.49. The molecule has 0 spiro atoms. The number of hydrogen-bond acceptors (Lipinski definition) is 7. The van der Waals surface area contributed by atoms with E-state index in [9.17, 15) is 24.4 Å². The molecule has 1 heterocycles. The Bertz CT molecular complexity index is 977. The second kappa shape index (κ2) is 7.63. The van der Waals surface area contributed by atoms with Gasteiger partial charge in [0.25, 0.3) is 5.56 Å². The number of halogens is 1. The number of nitrogens with zero attached hydrogens (tertiary/aromatic N) is 1. The van der Waals surface area contributed by atoms with E-state index in [-0.39, 0.29) is 5.75 Å². The second-order valence-electron chi connectivity index (χ2n) is 6.85. The van der Waals surface area contributed by atoms with Crippen molar-refractivity contribution in [1.29, 1.82) is 0 Å². The summed E-state index contributed by atoms with van der Waals surface area (Å²) in [6.07, 6.45) is -1.33. The summed E-state index contributed by atoms with van der Waals surface area (Å²) >= 11 is 0. The number of aliphatic hydroxyl groups excluding tert-OH is 1. The van der Waals surface area contributed by atoms with Gasteiger partial charge in [-0.2, -0.15) is 0 Å². The summed E-state index contributed by atoms with van der Waals surface area (Å²) in [7, 11) is -3.12. The molecule has 1 aliphatic carbocycles. The molecule has 9 nitrogen and oxygen atoms in total. The molecule has 0 saturated heterocycles. The highest BCUT2D eigenvalue weighted by Gasteiger charge is 2.61. The lowest BCUT2D eigenvalue weighted by molar-refractivity contribution is -0.110. The maximum atomic E-state index is 15.3. The summed E-state index contributed by atoms with van der Waals surface area (Å²) in [6.45, 7) is 0.355. The van der Waals surface area contributed by atoms with Crippen molar-refractivity contribution in [3.63, 3.8) is 0 Å². The molecule has 2 unspecified atom stereocenters. The topological polar surface area (TPSA) is 131 Å². The quantitative estimate of drug-likeness (QED) is 0.596. The van der Waals surface area contributed by atoms with Crippen molar-refractivity contribution < 1.29 is 28.2 Å². The summed E-state index contributed by atoms with van der Waals surface area (Å²) in [5.41, 5.74) is -6.04. The monoisotopic (exact) mass is 414 g/mol. The summed E-state index contributed by atoms with van der Waals surface area (Å²) in [4.78, 5) is 25.2. The van der Waals surface area contributed by atoms with Crippen molar-refractivity contribution in [2.75, 3.05) is 6.61 Å². The van der Waals surface area contributed by atoms with E-state index in [4.69, 9.17) is 9.05 Å². The number of hydrogen-bond donors (Lipinski definition) is 3. The maximum Gasteiger partial charge on any atom is 0.367 e. The van der Waals surface area contributed by atoms with Crippen LogP contribution in [-0.4, -0.2) is 43.7 Å². The molecule has 3 N–H and O–H groups in total. The summed E-state index contributed by atoms with van der Waals surface area (Å²) < 4.78 is 38.3. The molecule has 0 radical (unpaired) electrons. The van der Waals surface area contributed by atoms with Crippen LogP contribution in [0.3, 0.4) is 0 Å². The van der Waals surface area contributed by atoms with Crippen LogP contribution in [0.5, 0.6) is 5.75 Å². The molecule has 11 heteroatoms. The molecule has 1 aliphatic rings. The van der Waals surface area contributed by atoms with Gasteiger partial charge < -0.3 is 14.7 Å². The number of aromatic amines is 1. The van der Waals surface area contributed by atoms with Crippen molar-refractivity contribution in [3.05, 3.63) is 63.4 Å². The summed E-state index contributed by atoms with van der Waals surface area (Å²) in [6, 6.07) is 8.01. The Morgan fingerprint density at radius 3 is 2.64 bits per heavy atom. The van der Waals surface area contributed by atoms with Crippen LogP contribution in [0.2, 0.25) is 0 Å². The molecule has 0 aliphatic heterocycles. The average molecular weight is 414 g/mol. The van der Waals surface area contributed by atoms with E-state index in [1.165, 1.54) is 6.92 Å². The fourth-order valence-electron chi connectivity index (χ4n) is 3.33. The van der Waals surface area contributed by atoms with E-state index in [2.05, 4.69) is 0 Å². The molecule has 5 atom stereocenters. The van der Waals surface area contributed by atoms with Crippen LogP contribution in [-0.2, 0) is 9.09 Å². The Hall–Kier alpha value is -2.26. The second-order valence-corrected chi connectivity index (χ2v) is 7.85. The molecule has 1 fully saturated rings. The van der Waals surface area contributed by atoms with Gasteiger partial charge in [0.1, 0.15) is 17.5 Å². The van der Waals surface area contributed by atoms with E-state index < -0.39 is 55.9 Å². The SMILES string of the molecule is C[C@@]1(O)C(O)[C@@](F)(CO[PH](=O)Oc2ccccc2)C[C@H]1n1ccc(=O)[nH]c1=O. The molecule has 28 heavy (non-hydrogen) atoms. The Morgan fingerprint density at radius 2 is 2.00 bits per heavy atom. The van der Waals surface area contributed by atoms with Gasteiger partial charge in [-0.15, -0.1) is 0 Å². The zero-order valence-corrected chi connectivity index (χ0v) is 15.9. The van der Waals surface area contributed by atoms with E-state index in [0.717, 1.165) is 16.8 Å². The minimum absolute atomic E-state index is 0.274. The Kier molecular flexibility index (Phi) is 5.58. The van der Waals surface area contributed by atoms with Crippen LogP contribution in [0.25, 0.3) is 0 Å². The van der Waals surface area contributed by atoms with Gasteiger partial charge in [-0.3, -0.25) is 18.9 Å². The number of alkyl halides is 1. The molecule has 0 bridgehead atoms. The Morgan fingerprint density at radius 1 is 1.32 bits per heavy atom. The highest BCUT2D eigenvalue weighted by Crippen LogP contribution is 2.48. The molecule has 152 valence electrons. The predicted octanol–water partition coefficient (Wildman–Crippen LogP) is 0.787. The van der Waals surface area contributed by atoms with Crippen LogP contribution in [0.4, 0.5) is 4.39 Å². The van der Waals surface area contributed by atoms with E-state index >= 15 is 4.39 Å². The molecular weight excluding hydrogens is 394 g/mol. The van der Waals surface area contributed by atoms with Gasteiger partial charge in [0, 0.05) is 18.7 Å². The highest BCUT2D eigenvalue weighted by molar-refractivity contribution is 7.33. The van der Waals surface area contributed by atoms with Crippen LogP contribution < -0.4 is 15.8 Å². The average Bonchev–Trinajstić information content (AvgIpc) is 2.82. The summed E-state index contributed by atoms with van der Waals surface area (Å²) in [5, 5.41) is 20.9. The number of nitrogens with one attached hydrogen (secondary N) is 1. The van der Waals surface area contributed by atoms with Crippen LogP contribution in [0.1, 0.15) is 19.4 Å². The lowest BCUT2D eigenvalue weighted by atomic mass is 9.95. The first kappa shape index (κ1) is 20.5. The van der Waals surface area contributed by atoms with Gasteiger partial charge in [0.05, 0.1) is 12.6 Å². The van der Waals surface area contributed by atoms with Crippen molar-refractivity contribution in [2.24, 2.45) is 0 Å². The zero-order chi connectivity index (χ0) is 20.5. The smallest absolute Gasteiger partial charge is 0.367 e. The third-order valence-corrected chi connectivity index (χ3v) is 5.59. The van der Waals surface area contributed by atoms with Crippen LogP contribution in [0, 0.1) is 0 Å². The van der Waals surface area contributed by atoms with Crippen molar-refractivity contribution >= 4 is 8.25 Å². The molecule has 3 rings (SSSR count). The van der Waals surface area contributed by atoms with Crippen LogP contribution in [0.15, 0.2) is 52.2 Å². The summed E-state index contributed by atoms with van der Waals surface area (Å²) in [5.74, 6) is 0.274. The van der Waals surface area contributed by atoms with Crippen molar-refractivity contribution in [3.8, 4) is 5.75 Å². The Labute approximate surface area is 159 Å². The molecule has 1 aromatic carbocycles. The molecule has 2 aromatic rings. The Balaban J connectivity index is 1.75. The molecule has 0 amide bonds. The van der Waals surface area contributed by atoms with E-state index in [1.54, 1.807) is 30.3 Å². The minimum atomic E-state index is -3.12. The van der Waals surface area contributed by atoms with Gasteiger partial charge >= 0.3 is 13.9 Å². The molecular formula is C17H20FN2O7P. The van der Waals surface area contributed by atoms with Gasteiger partial charge in [-0.1, -0.05) is 18.2 Å². The number of aliphatic hydroxyl groups is 2. The maximum absolute atomic E-state index is 15.3. The first-order valence-electron chi connectivity index (χ1n) is 8.44. The van der Waals surface area contributed by atoms with Gasteiger partial charge in [0.2, 0.25) is 0 Å². The standard InChI is InChI=1S/C17H20FN2O7P/c1-16(24)12(20-8-7-13(21)19-15(20)23)9-17(18,14(16)22)10-26-28(25)27-11-5-3-2-4-6-11/h2-8,12,14,22,24,28H,9-10H2,1H3,(H,19,21,23)/t12-,14?,16+,17+/m1/s1. The minimum Gasteiger partial charge on any atom is -0.426 e. The first-order valence-corrected chi connectivity index (χ1v) is 9.66. The van der Waals surface area contributed by atoms with Gasteiger partial charge in [-0.05, 0) is 19.1 Å². The number of rotatable bonds is 6. The zero-order valence-electron chi connectivity index (χ0n) is 14.9. The van der Waals surface area contributed by atoms with Gasteiger partial charge in [0.15, 0.2) is 5.67 Å². The normalized spacial score (nSPS) is 30.9. The first-order chi connectivity index (χ1) is 13.1. The fourth-order valence-corrected chi connectivity index (χ4v) is 4.07. The highest BCUT2D eigenvalue weighted by atomic mass is 31.1. The number of para-hydroxylation sites is 1.